The molecule has 0 heterocycles. The minimum absolute atomic E-state index is 0.00199. The predicted molar refractivity (Wildman–Crippen MR) is 109 cm³/mol. The predicted octanol–water partition coefficient (Wildman–Crippen LogP) is 3.82. The van der Waals surface area contributed by atoms with Crippen LogP contribution in [0.15, 0.2) is 48.5 Å². The standard InChI is InChI=1S/C21H24N4O3/c1-13(2)22-21(28)25-17-10-8-16(9-11-17)23-20(27)15-4-3-5-18(12-15)24-19(26)14-6-7-14/h3-5,8-14H,6-7H2,1-2H3,(H,23,27)(H,24,26)(H2,22,25,28). The van der Waals surface area contributed by atoms with Gasteiger partial charge in [0.15, 0.2) is 0 Å². The molecule has 146 valence electrons. The first-order chi connectivity index (χ1) is 13.4. The van der Waals surface area contributed by atoms with Crippen LogP contribution in [0.5, 0.6) is 0 Å². The molecular weight excluding hydrogens is 356 g/mol. The molecule has 2 aromatic carbocycles. The van der Waals surface area contributed by atoms with E-state index in [2.05, 4.69) is 21.3 Å². The molecule has 1 aliphatic rings. The zero-order valence-corrected chi connectivity index (χ0v) is 15.9. The summed E-state index contributed by atoms with van der Waals surface area (Å²) in [7, 11) is 0. The number of hydrogen-bond acceptors (Lipinski definition) is 3. The van der Waals surface area contributed by atoms with E-state index in [1.807, 2.05) is 13.8 Å². The van der Waals surface area contributed by atoms with Crippen molar-refractivity contribution in [1.29, 1.82) is 0 Å². The van der Waals surface area contributed by atoms with Gasteiger partial charge in [0.2, 0.25) is 5.91 Å². The lowest BCUT2D eigenvalue weighted by Gasteiger charge is -2.11. The largest absolute Gasteiger partial charge is 0.336 e. The second kappa shape index (κ2) is 8.56. The van der Waals surface area contributed by atoms with Crippen molar-refractivity contribution >= 4 is 34.9 Å². The summed E-state index contributed by atoms with van der Waals surface area (Å²) in [5, 5.41) is 11.1. The molecule has 1 saturated carbocycles. The Hall–Kier alpha value is -3.35. The van der Waals surface area contributed by atoms with Crippen LogP contribution >= 0.6 is 0 Å². The Kier molecular flexibility index (Phi) is 5.93. The first-order valence-corrected chi connectivity index (χ1v) is 9.30. The summed E-state index contributed by atoms with van der Waals surface area (Å²) >= 11 is 0. The molecule has 4 amide bonds. The van der Waals surface area contributed by atoms with Gasteiger partial charge in [-0.25, -0.2) is 4.79 Å². The van der Waals surface area contributed by atoms with Crippen LogP contribution in [-0.4, -0.2) is 23.9 Å². The van der Waals surface area contributed by atoms with Crippen molar-refractivity contribution in [3.63, 3.8) is 0 Å². The number of amides is 4. The first-order valence-electron chi connectivity index (χ1n) is 9.30. The number of carbonyl (C=O) groups is 3. The van der Waals surface area contributed by atoms with Crippen LogP contribution in [0.2, 0.25) is 0 Å². The number of hydrogen-bond donors (Lipinski definition) is 4. The summed E-state index contributed by atoms with van der Waals surface area (Å²) in [6.45, 7) is 3.76. The Labute approximate surface area is 163 Å². The second-order valence-corrected chi connectivity index (χ2v) is 7.13. The van der Waals surface area contributed by atoms with E-state index < -0.39 is 0 Å². The Balaban J connectivity index is 1.58. The third-order valence-corrected chi connectivity index (χ3v) is 4.16. The van der Waals surface area contributed by atoms with Crippen molar-refractivity contribution in [3.05, 3.63) is 54.1 Å². The van der Waals surface area contributed by atoms with E-state index in [1.165, 1.54) is 0 Å². The third-order valence-electron chi connectivity index (χ3n) is 4.16. The van der Waals surface area contributed by atoms with Crippen LogP contribution in [0.4, 0.5) is 21.9 Å². The molecule has 1 fully saturated rings. The van der Waals surface area contributed by atoms with Crippen LogP contribution in [0.3, 0.4) is 0 Å². The highest BCUT2D eigenvalue weighted by atomic mass is 16.2. The van der Waals surface area contributed by atoms with Gasteiger partial charge in [-0.2, -0.15) is 0 Å². The van der Waals surface area contributed by atoms with Gasteiger partial charge < -0.3 is 21.3 Å². The van der Waals surface area contributed by atoms with Gasteiger partial charge in [0.25, 0.3) is 5.91 Å². The normalized spacial score (nSPS) is 13.0. The van der Waals surface area contributed by atoms with Crippen LogP contribution in [0.25, 0.3) is 0 Å². The van der Waals surface area contributed by atoms with Gasteiger partial charge in [0.1, 0.15) is 0 Å². The molecule has 7 heteroatoms. The van der Waals surface area contributed by atoms with Gasteiger partial charge in [-0.1, -0.05) is 6.07 Å². The average molecular weight is 380 g/mol. The topological polar surface area (TPSA) is 99.3 Å². The molecule has 3 rings (SSSR count). The molecular formula is C21H24N4O3. The first kappa shape index (κ1) is 19.4. The number of nitrogens with one attached hydrogen (secondary N) is 4. The maximum absolute atomic E-state index is 12.5. The Bertz CT molecular complexity index is 873. The van der Waals surface area contributed by atoms with E-state index in [-0.39, 0.29) is 29.8 Å². The highest BCUT2D eigenvalue weighted by Gasteiger charge is 2.29. The minimum Gasteiger partial charge on any atom is -0.336 e. The molecule has 0 radical (unpaired) electrons. The highest BCUT2D eigenvalue weighted by molar-refractivity contribution is 6.05. The van der Waals surface area contributed by atoms with Gasteiger partial charge in [-0.3, -0.25) is 9.59 Å². The van der Waals surface area contributed by atoms with E-state index in [1.54, 1.807) is 48.5 Å². The molecule has 7 nitrogen and oxygen atoms in total. The summed E-state index contributed by atoms with van der Waals surface area (Å²) in [5.74, 6) is -0.171. The van der Waals surface area contributed by atoms with Crippen molar-refractivity contribution in [2.45, 2.75) is 32.7 Å². The number of urea groups is 1. The van der Waals surface area contributed by atoms with Crippen LogP contribution in [-0.2, 0) is 4.79 Å². The smallest absolute Gasteiger partial charge is 0.319 e. The molecule has 0 saturated heterocycles. The van der Waals surface area contributed by atoms with Gasteiger partial charge in [0.05, 0.1) is 0 Å². The lowest BCUT2D eigenvalue weighted by Crippen LogP contribution is -2.34. The summed E-state index contributed by atoms with van der Waals surface area (Å²) in [4.78, 5) is 36.0. The molecule has 0 spiro atoms. The SMILES string of the molecule is CC(C)NC(=O)Nc1ccc(NC(=O)c2cccc(NC(=O)C3CC3)c2)cc1. The van der Waals surface area contributed by atoms with Crippen LogP contribution in [0.1, 0.15) is 37.0 Å². The highest BCUT2D eigenvalue weighted by Crippen LogP contribution is 2.30. The quantitative estimate of drug-likeness (QED) is 0.613. The lowest BCUT2D eigenvalue weighted by atomic mass is 10.1. The van der Waals surface area contributed by atoms with Crippen LogP contribution in [0, 0.1) is 5.92 Å². The second-order valence-electron chi connectivity index (χ2n) is 7.13. The molecule has 0 aromatic heterocycles. The van der Waals surface area contributed by atoms with Gasteiger partial charge >= 0.3 is 6.03 Å². The fraction of sp³-hybridized carbons (Fsp3) is 0.286. The van der Waals surface area contributed by atoms with Crippen molar-refractivity contribution in [1.82, 2.24) is 5.32 Å². The summed E-state index contributed by atoms with van der Waals surface area (Å²) in [5.41, 5.74) is 2.29. The third kappa shape index (κ3) is 5.57. The molecule has 0 aliphatic heterocycles. The summed E-state index contributed by atoms with van der Waals surface area (Å²) in [6.07, 6.45) is 1.85. The summed E-state index contributed by atoms with van der Waals surface area (Å²) < 4.78 is 0. The van der Waals surface area contributed by atoms with Gasteiger partial charge in [0, 0.05) is 34.6 Å². The molecule has 4 N–H and O–H groups in total. The number of rotatable bonds is 6. The Morgan fingerprint density at radius 3 is 2.11 bits per heavy atom. The molecule has 2 aromatic rings. The van der Waals surface area contributed by atoms with Crippen molar-refractivity contribution in [2.24, 2.45) is 5.92 Å². The number of carbonyl (C=O) groups excluding carboxylic acids is 3. The minimum atomic E-state index is -0.281. The van der Waals surface area contributed by atoms with E-state index in [0.29, 0.717) is 22.6 Å². The zero-order valence-electron chi connectivity index (χ0n) is 15.9. The molecule has 1 aliphatic carbocycles. The number of anilines is 3. The monoisotopic (exact) mass is 380 g/mol. The van der Waals surface area contributed by atoms with Gasteiger partial charge in [-0.15, -0.1) is 0 Å². The molecule has 0 bridgehead atoms. The van der Waals surface area contributed by atoms with E-state index in [0.717, 1.165) is 12.8 Å². The van der Waals surface area contributed by atoms with Gasteiger partial charge in [-0.05, 0) is 69.2 Å². The fourth-order valence-corrected chi connectivity index (χ4v) is 2.60. The molecule has 0 atom stereocenters. The summed E-state index contributed by atoms with van der Waals surface area (Å²) in [6, 6.07) is 13.4. The fourth-order valence-electron chi connectivity index (χ4n) is 2.60. The molecule has 0 unspecified atom stereocenters. The lowest BCUT2D eigenvalue weighted by molar-refractivity contribution is -0.117. The average Bonchev–Trinajstić information content (AvgIpc) is 3.48. The zero-order chi connectivity index (χ0) is 20.1. The maximum atomic E-state index is 12.5. The Morgan fingerprint density at radius 1 is 0.857 bits per heavy atom. The van der Waals surface area contributed by atoms with E-state index in [9.17, 15) is 14.4 Å². The van der Waals surface area contributed by atoms with Crippen molar-refractivity contribution in [2.75, 3.05) is 16.0 Å². The van der Waals surface area contributed by atoms with E-state index >= 15 is 0 Å². The number of benzene rings is 2. The maximum Gasteiger partial charge on any atom is 0.319 e. The van der Waals surface area contributed by atoms with E-state index in [4.69, 9.17) is 0 Å². The van der Waals surface area contributed by atoms with Crippen molar-refractivity contribution < 1.29 is 14.4 Å². The van der Waals surface area contributed by atoms with Crippen molar-refractivity contribution in [3.8, 4) is 0 Å². The molecule has 28 heavy (non-hydrogen) atoms. The van der Waals surface area contributed by atoms with Crippen LogP contribution < -0.4 is 21.3 Å². The Morgan fingerprint density at radius 2 is 1.50 bits per heavy atom.